The molecule has 0 saturated heterocycles. The third-order valence-corrected chi connectivity index (χ3v) is 2.43. The molecule has 0 heterocycles. The van der Waals surface area contributed by atoms with Gasteiger partial charge < -0.3 is 4.74 Å². The lowest BCUT2D eigenvalue weighted by Gasteiger charge is -2.11. The Hall–Kier alpha value is -0.540. The van der Waals surface area contributed by atoms with Gasteiger partial charge in [-0.25, -0.2) is 0 Å². The Morgan fingerprint density at radius 3 is 2.50 bits per heavy atom. The zero-order valence-electron chi connectivity index (χ0n) is 7.36. The minimum atomic E-state index is -2.92. The second-order valence-electron chi connectivity index (χ2n) is 2.58. The summed E-state index contributed by atoms with van der Waals surface area (Å²) in [6, 6.07) is 3.17. The van der Waals surface area contributed by atoms with Crippen molar-refractivity contribution in [3.63, 3.8) is 0 Å². The molecule has 0 saturated carbocycles. The Kier molecular flexibility index (Phi) is 3.96. The predicted molar refractivity (Wildman–Crippen MR) is 52.5 cm³/mol. The number of benzene rings is 1. The van der Waals surface area contributed by atoms with Gasteiger partial charge in [-0.3, -0.25) is 0 Å². The number of hydrogen-bond donors (Lipinski definition) is 0. The SMILES string of the molecule is CCc1ccc(Cl)c(OC(F)F)c1Cl. The van der Waals surface area contributed by atoms with Crippen molar-refractivity contribution in [3.05, 3.63) is 27.7 Å². The van der Waals surface area contributed by atoms with Gasteiger partial charge in [0.1, 0.15) is 0 Å². The zero-order chi connectivity index (χ0) is 10.7. The van der Waals surface area contributed by atoms with Crippen LogP contribution < -0.4 is 4.74 Å². The molecule has 0 fully saturated rings. The van der Waals surface area contributed by atoms with E-state index in [1.54, 1.807) is 6.07 Å². The third kappa shape index (κ3) is 2.49. The van der Waals surface area contributed by atoms with Gasteiger partial charge in [-0.2, -0.15) is 8.78 Å². The second kappa shape index (κ2) is 4.80. The highest BCUT2D eigenvalue weighted by Gasteiger charge is 2.14. The Balaban J connectivity index is 3.11. The highest BCUT2D eigenvalue weighted by Crippen LogP contribution is 2.36. The van der Waals surface area contributed by atoms with Crippen molar-refractivity contribution < 1.29 is 13.5 Å². The molecule has 0 N–H and O–H groups in total. The van der Waals surface area contributed by atoms with E-state index < -0.39 is 6.61 Å². The molecule has 1 rings (SSSR count). The Labute approximate surface area is 90.6 Å². The largest absolute Gasteiger partial charge is 0.432 e. The molecule has 14 heavy (non-hydrogen) atoms. The fourth-order valence-corrected chi connectivity index (χ4v) is 1.64. The molecule has 78 valence electrons. The van der Waals surface area contributed by atoms with Crippen LogP contribution in [0.15, 0.2) is 12.1 Å². The first-order chi connectivity index (χ1) is 6.56. The van der Waals surface area contributed by atoms with Crippen LogP contribution in [0.25, 0.3) is 0 Å². The number of alkyl halides is 2. The smallest absolute Gasteiger partial charge is 0.387 e. The van der Waals surface area contributed by atoms with Crippen molar-refractivity contribution in [2.45, 2.75) is 20.0 Å². The fraction of sp³-hybridized carbons (Fsp3) is 0.333. The zero-order valence-corrected chi connectivity index (χ0v) is 8.87. The maximum absolute atomic E-state index is 12.0. The number of rotatable bonds is 3. The standard InChI is InChI=1S/C9H8Cl2F2O/c1-2-5-3-4-6(10)8(7(5)11)14-9(12)13/h3-4,9H,2H2,1H3. The summed E-state index contributed by atoms with van der Waals surface area (Å²) in [4.78, 5) is 0. The average Bonchev–Trinajstić information content (AvgIpc) is 2.12. The van der Waals surface area contributed by atoms with Crippen LogP contribution in [-0.2, 0) is 6.42 Å². The molecule has 0 amide bonds. The molecule has 0 radical (unpaired) electrons. The summed E-state index contributed by atoms with van der Waals surface area (Å²) in [5.74, 6) is -0.150. The predicted octanol–water partition coefficient (Wildman–Crippen LogP) is 4.16. The van der Waals surface area contributed by atoms with Crippen molar-refractivity contribution >= 4 is 23.2 Å². The summed E-state index contributed by atoms with van der Waals surface area (Å²) in [6.07, 6.45) is 0.635. The van der Waals surface area contributed by atoms with Crippen molar-refractivity contribution in [3.8, 4) is 5.75 Å². The third-order valence-electron chi connectivity index (χ3n) is 1.72. The average molecular weight is 241 g/mol. The molecule has 1 aromatic carbocycles. The summed E-state index contributed by atoms with van der Waals surface area (Å²) in [5, 5.41) is 0.243. The van der Waals surface area contributed by atoms with E-state index in [0.717, 1.165) is 5.56 Å². The molecule has 1 nitrogen and oxygen atoms in total. The number of halogens is 4. The topological polar surface area (TPSA) is 9.23 Å². The minimum absolute atomic E-state index is 0.0903. The first-order valence-electron chi connectivity index (χ1n) is 3.98. The van der Waals surface area contributed by atoms with E-state index in [1.807, 2.05) is 6.92 Å². The molecular formula is C9H8Cl2F2O. The number of hydrogen-bond acceptors (Lipinski definition) is 1. The van der Waals surface area contributed by atoms with E-state index in [1.165, 1.54) is 6.07 Å². The summed E-state index contributed by atoms with van der Waals surface area (Å²) < 4.78 is 28.2. The summed E-state index contributed by atoms with van der Waals surface area (Å²) >= 11 is 11.5. The van der Waals surface area contributed by atoms with Gasteiger partial charge in [0.2, 0.25) is 0 Å². The van der Waals surface area contributed by atoms with Gasteiger partial charge in [-0.1, -0.05) is 36.2 Å². The van der Waals surface area contributed by atoms with Gasteiger partial charge >= 0.3 is 6.61 Å². The maximum atomic E-state index is 12.0. The Morgan fingerprint density at radius 2 is 2.00 bits per heavy atom. The van der Waals surface area contributed by atoms with E-state index in [0.29, 0.717) is 6.42 Å². The van der Waals surface area contributed by atoms with Gasteiger partial charge in [-0.05, 0) is 18.1 Å². The lowest BCUT2D eigenvalue weighted by molar-refractivity contribution is -0.0497. The molecule has 0 unspecified atom stereocenters. The van der Waals surface area contributed by atoms with Crippen LogP contribution in [0.5, 0.6) is 5.75 Å². The van der Waals surface area contributed by atoms with Gasteiger partial charge in [0.15, 0.2) is 5.75 Å². The quantitative estimate of drug-likeness (QED) is 0.772. The lowest BCUT2D eigenvalue weighted by Crippen LogP contribution is -2.03. The van der Waals surface area contributed by atoms with Crippen molar-refractivity contribution in [2.75, 3.05) is 0 Å². The molecule has 5 heteroatoms. The summed E-state index contributed by atoms with van der Waals surface area (Å²) in [7, 11) is 0. The highest BCUT2D eigenvalue weighted by atomic mass is 35.5. The molecular weight excluding hydrogens is 233 g/mol. The van der Waals surface area contributed by atoms with E-state index in [2.05, 4.69) is 4.74 Å². The molecule has 0 aliphatic rings. The van der Waals surface area contributed by atoms with Crippen LogP contribution in [0.4, 0.5) is 8.78 Å². The van der Waals surface area contributed by atoms with Crippen molar-refractivity contribution in [1.29, 1.82) is 0 Å². The van der Waals surface area contributed by atoms with E-state index in [9.17, 15) is 8.78 Å². The van der Waals surface area contributed by atoms with E-state index in [4.69, 9.17) is 23.2 Å². The normalized spacial score (nSPS) is 10.7. The maximum Gasteiger partial charge on any atom is 0.387 e. The molecule has 0 aliphatic carbocycles. The Morgan fingerprint density at radius 1 is 1.36 bits per heavy atom. The van der Waals surface area contributed by atoms with Gasteiger partial charge in [0.25, 0.3) is 0 Å². The first kappa shape index (κ1) is 11.5. The lowest BCUT2D eigenvalue weighted by atomic mass is 10.1. The van der Waals surface area contributed by atoms with E-state index >= 15 is 0 Å². The number of ether oxygens (including phenoxy) is 1. The highest BCUT2D eigenvalue weighted by molar-refractivity contribution is 6.37. The molecule has 1 aromatic rings. The van der Waals surface area contributed by atoms with Crippen LogP contribution in [0.1, 0.15) is 12.5 Å². The summed E-state index contributed by atoms with van der Waals surface area (Å²) in [6.45, 7) is -1.06. The van der Waals surface area contributed by atoms with Gasteiger partial charge in [0, 0.05) is 0 Å². The van der Waals surface area contributed by atoms with Crippen LogP contribution >= 0.6 is 23.2 Å². The fourth-order valence-electron chi connectivity index (χ4n) is 1.04. The van der Waals surface area contributed by atoms with Gasteiger partial charge in [0.05, 0.1) is 10.0 Å². The second-order valence-corrected chi connectivity index (χ2v) is 3.37. The first-order valence-corrected chi connectivity index (χ1v) is 4.73. The van der Waals surface area contributed by atoms with Crippen molar-refractivity contribution in [1.82, 2.24) is 0 Å². The van der Waals surface area contributed by atoms with Crippen LogP contribution in [0, 0.1) is 0 Å². The monoisotopic (exact) mass is 240 g/mol. The van der Waals surface area contributed by atoms with Crippen LogP contribution in [0.2, 0.25) is 10.0 Å². The van der Waals surface area contributed by atoms with Crippen LogP contribution in [0.3, 0.4) is 0 Å². The molecule has 0 bridgehead atoms. The number of aryl methyl sites for hydroxylation is 1. The van der Waals surface area contributed by atoms with Gasteiger partial charge in [-0.15, -0.1) is 0 Å². The molecule has 0 aliphatic heterocycles. The van der Waals surface area contributed by atoms with Crippen LogP contribution in [-0.4, -0.2) is 6.61 Å². The molecule has 0 atom stereocenters. The molecule has 0 aromatic heterocycles. The van der Waals surface area contributed by atoms with Crippen molar-refractivity contribution in [2.24, 2.45) is 0 Å². The summed E-state index contributed by atoms with van der Waals surface area (Å²) in [5.41, 5.74) is 0.728. The minimum Gasteiger partial charge on any atom is -0.432 e. The Bertz CT molecular complexity index is 329. The molecule has 0 spiro atoms. The van der Waals surface area contributed by atoms with E-state index in [-0.39, 0.29) is 15.8 Å².